The summed E-state index contributed by atoms with van der Waals surface area (Å²) in [5.41, 5.74) is 5.61. The van der Waals surface area contributed by atoms with Crippen molar-refractivity contribution in [3.05, 3.63) is 90.4 Å². The molecule has 0 N–H and O–H groups in total. The molecule has 0 atom stereocenters. The maximum atomic E-state index is 13.8. The predicted molar refractivity (Wildman–Crippen MR) is 138 cm³/mol. The van der Waals surface area contributed by atoms with Crippen LogP contribution >= 0.6 is 11.3 Å². The van der Waals surface area contributed by atoms with Gasteiger partial charge in [0.25, 0.3) is 0 Å². The number of aromatic nitrogens is 1. The van der Waals surface area contributed by atoms with E-state index in [9.17, 15) is 4.39 Å². The zero-order chi connectivity index (χ0) is 22.2. The van der Waals surface area contributed by atoms with Crippen LogP contribution in [0.25, 0.3) is 42.6 Å². The number of nitrogens with zero attached hydrogens (tertiary/aromatic N) is 1. The molecule has 164 valence electrons. The summed E-state index contributed by atoms with van der Waals surface area (Å²) in [5, 5.41) is 2.46. The van der Waals surface area contributed by atoms with Gasteiger partial charge in [0.1, 0.15) is 5.82 Å². The van der Waals surface area contributed by atoms with Crippen LogP contribution in [0.15, 0.2) is 79.0 Å². The third kappa shape index (κ3) is 4.06. The molecule has 0 aliphatic heterocycles. The van der Waals surface area contributed by atoms with Crippen LogP contribution < -0.4 is 0 Å². The van der Waals surface area contributed by atoms with E-state index >= 15 is 0 Å². The van der Waals surface area contributed by atoms with E-state index in [1.165, 1.54) is 69.5 Å². The van der Waals surface area contributed by atoms with Gasteiger partial charge in [0.15, 0.2) is 0 Å². The molecule has 2 heterocycles. The van der Waals surface area contributed by atoms with Crippen LogP contribution in [0.5, 0.6) is 0 Å². The average molecular weight is 452 g/mol. The second kappa shape index (κ2) is 8.72. The Morgan fingerprint density at radius 1 is 0.818 bits per heavy atom. The van der Waals surface area contributed by atoms with Gasteiger partial charge < -0.3 is 0 Å². The normalized spacial score (nSPS) is 14.8. The van der Waals surface area contributed by atoms with Gasteiger partial charge in [-0.2, -0.15) is 0 Å². The molecule has 0 amide bonds. The van der Waals surface area contributed by atoms with Gasteiger partial charge >= 0.3 is 0 Å². The standard InChI is InChI=1S/C30H26FNS/c31-24-9-4-8-22(18-24)23-12-13-29-27(19-23)25-10-5-11-26(30(25)33-29)28-17-21(14-15-32-28)16-20-6-2-1-3-7-20/h4-5,8-15,17-20H,1-3,6-7,16H2. The number of benzene rings is 3. The minimum atomic E-state index is -0.204. The Hall–Kier alpha value is -3.04. The fraction of sp³-hybridized carbons (Fsp3) is 0.233. The minimum Gasteiger partial charge on any atom is -0.256 e. The Morgan fingerprint density at radius 3 is 2.55 bits per heavy atom. The van der Waals surface area contributed by atoms with E-state index in [0.717, 1.165) is 29.2 Å². The molecule has 1 saturated carbocycles. The Bertz CT molecular complexity index is 1440. The summed E-state index contributed by atoms with van der Waals surface area (Å²) in [5.74, 6) is 0.611. The molecule has 33 heavy (non-hydrogen) atoms. The molecule has 0 bridgehead atoms. The van der Waals surface area contributed by atoms with Crippen LogP contribution in [0.4, 0.5) is 4.39 Å². The van der Waals surface area contributed by atoms with Crippen LogP contribution in [-0.2, 0) is 6.42 Å². The maximum absolute atomic E-state index is 13.8. The molecular formula is C30H26FNS. The molecule has 2 aromatic heterocycles. The van der Waals surface area contributed by atoms with E-state index in [0.29, 0.717) is 0 Å². The van der Waals surface area contributed by atoms with Gasteiger partial charge in [0, 0.05) is 31.9 Å². The van der Waals surface area contributed by atoms with Crippen LogP contribution in [0.2, 0.25) is 0 Å². The molecular weight excluding hydrogens is 425 g/mol. The smallest absolute Gasteiger partial charge is 0.123 e. The molecule has 0 saturated heterocycles. The van der Waals surface area contributed by atoms with Crippen LogP contribution in [0.1, 0.15) is 37.7 Å². The molecule has 3 heteroatoms. The molecule has 3 aromatic carbocycles. The summed E-state index contributed by atoms with van der Waals surface area (Å²) in [7, 11) is 0. The van der Waals surface area contributed by atoms with E-state index in [2.05, 4.69) is 48.5 Å². The first-order valence-corrected chi connectivity index (χ1v) is 12.7. The summed E-state index contributed by atoms with van der Waals surface area (Å²) in [6.07, 6.45) is 10.0. The highest BCUT2D eigenvalue weighted by molar-refractivity contribution is 7.26. The second-order valence-electron chi connectivity index (χ2n) is 9.26. The summed E-state index contributed by atoms with van der Waals surface area (Å²) in [4.78, 5) is 4.76. The van der Waals surface area contributed by atoms with Gasteiger partial charge in [0.2, 0.25) is 0 Å². The SMILES string of the molecule is Fc1cccc(-c2ccc3sc4c(-c5cc(CC6CCCCC6)ccn5)cccc4c3c2)c1. The third-order valence-corrected chi connectivity index (χ3v) is 8.22. The van der Waals surface area contributed by atoms with Crippen molar-refractivity contribution in [1.29, 1.82) is 0 Å². The minimum absolute atomic E-state index is 0.204. The third-order valence-electron chi connectivity index (χ3n) is 7.00. The predicted octanol–water partition coefficient (Wildman–Crippen LogP) is 9.05. The zero-order valence-electron chi connectivity index (χ0n) is 18.6. The van der Waals surface area contributed by atoms with E-state index < -0.39 is 0 Å². The van der Waals surface area contributed by atoms with Gasteiger partial charge in [-0.05, 0) is 65.4 Å². The molecule has 1 nitrogen and oxygen atoms in total. The fourth-order valence-electron chi connectivity index (χ4n) is 5.32. The lowest BCUT2D eigenvalue weighted by molar-refractivity contribution is 0.356. The molecule has 1 fully saturated rings. The zero-order valence-corrected chi connectivity index (χ0v) is 19.4. The Morgan fingerprint density at radius 2 is 1.67 bits per heavy atom. The van der Waals surface area contributed by atoms with Gasteiger partial charge in [-0.1, -0.05) is 68.5 Å². The molecule has 1 aliphatic carbocycles. The van der Waals surface area contributed by atoms with Gasteiger partial charge in [-0.3, -0.25) is 4.98 Å². The van der Waals surface area contributed by atoms with Crippen molar-refractivity contribution >= 4 is 31.5 Å². The van der Waals surface area contributed by atoms with Crippen molar-refractivity contribution in [3.63, 3.8) is 0 Å². The summed E-state index contributed by atoms with van der Waals surface area (Å²) in [6, 6.07) is 24.3. The number of hydrogen-bond donors (Lipinski definition) is 0. The Labute approximate surface area is 197 Å². The molecule has 0 radical (unpaired) electrons. The number of fused-ring (bicyclic) bond motifs is 3. The molecule has 0 spiro atoms. The van der Waals surface area contributed by atoms with E-state index in [1.54, 1.807) is 12.1 Å². The van der Waals surface area contributed by atoms with Crippen LogP contribution in [-0.4, -0.2) is 4.98 Å². The first kappa shape index (κ1) is 20.6. The van der Waals surface area contributed by atoms with Crippen molar-refractivity contribution in [3.8, 4) is 22.4 Å². The second-order valence-corrected chi connectivity index (χ2v) is 10.3. The van der Waals surface area contributed by atoms with Gasteiger partial charge in [0.05, 0.1) is 5.69 Å². The van der Waals surface area contributed by atoms with Crippen molar-refractivity contribution in [2.24, 2.45) is 5.92 Å². The van der Waals surface area contributed by atoms with Crippen LogP contribution in [0, 0.1) is 11.7 Å². The molecule has 6 rings (SSSR count). The number of hydrogen-bond acceptors (Lipinski definition) is 2. The number of rotatable bonds is 4. The first-order valence-electron chi connectivity index (χ1n) is 11.9. The highest BCUT2D eigenvalue weighted by atomic mass is 32.1. The maximum Gasteiger partial charge on any atom is 0.123 e. The lowest BCUT2D eigenvalue weighted by atomic mass is 9.85. The lowest BCUT2D eigenvalue weighted by Gasteiger charge is -2.21. The fourth-order valence-corrected chi connectivity index (χ4v) is 6.53. The molecule has 5 aromatic rings. The molecule has 0 unspecified atom stereocenters. The summed E-state index contributed by atoms with van der Waals surface area (Å²) >= 11 is 1.82. The van der Waals surface area contributed by atoms with Crippen LogP contribution in [0.3, 0.4) is 0 Å². The monoisotopic (exact) mass is 451 g/mol. The quantitative estimate of drug-likeness (QED) is 0.265. The van der Waals surface area contributed by atoms with E-state index in [1.807, 2.05) is 23.6 Å². The topological polar surface area (TPSA) is 12.9 Å². The van der Waals surface area contributed by atoms with Crippen molar-refractivity contribution in [2.75, 3.05) is 0 Å². The molecule has 1 aliphatic rings. The largest absolute Gasteiger partial charge is 0.256 e. The van der Waals surface area contributed by atoms with E-state index in [-0.39, 0.29) is 5.82 Å². The number of halogens is 1. The average Bonchev–Trinajstić information content (AvgIpc) is 3.23. The highest BCUT2D eigenvalue weighted by Crippen LogP contribution is 2.41. The van der Waals surface area contributed by atoms with Crippen molar-refractivity contribution in [1.82, 2.24) is 4.98 Å². The summed E-state index contributed by atoms with van der Waals surface area (Å²) < 4.78 is 16.3. The van der Waals surface area contributed by atoms with E-state index in [4.69, 9.17) is 4.98 Å². The summed E-state index contributed by atoms with van der Waals surface area (Å²) in [6.45, 7) is 0. The lowest BCUT2D eigenvalue weighted by Crippen LogP contribution is -2.09. The van der Waals surface area contributed by atoms with Crippen molar-refractivity contribution in [2.45, 2.75) is 38.5 Å². The number of pyridine rings is 1. The Balaban J connectivity index is 1.41. The van der Waals surface area contributed by atoms with Gasteiger partial charge in [-0.15, -0.1) is 11.3 Å². The Kier molecular flexibility index (Phi) is 5.43. The van der Waals surface area contributed by atoms with Gasteiger partial charge in [-0.25, -0.2) is 4.39 Å². The number of thiophene rings is 1. The highest BCUT2D eigenvalue weighted by Gasteiger charge is 2.16. The van der Waals surface area contributed by atoms with Crippen molar-refractivity contribution < 1.29 is 4.39 Å². The first-order chi connectivity index (χ1) is 16.2.